The van der Waals surface area contributed by atoms with Crippen LogP contribution in [0.4, 0.5) is 0 Å². The summed E-state index contributed by atoms with van der Waals surface area (Å²) in [4.78, 5) is 22.2. The maximum absolute atomic E-state index is 11.2. The zero-order valence-electron chi connectivity index (χ0n) is 8.49. The molecule has 0 aliphatic rings. The molecule has 0 unspecified atom stereocenters. The lowest BCUT2D eigenvalue weighted by Gasteiger charge is -2.00. The van der Waals surface area contributed by atoms with Crippen molar-refractivity contribution in [1.82, 2.24) is 9.78 Å². The summed E-state index contributed by atoms with van der Waals surface area (Å²) in [6, 6.07) is 1.33. The van der Waals surface area contributed by atoms with Crippen molar-refractivity contribution in [2.45, 2.75) is 19.9 Å². The van der Waals surface area contributed by atoms with E-state index in [-0.39, 0.29) is 11.4 Å². The Morgan fingerprint density at radius 3 is 2.73 bits per heavy atom. The molecule has 0 saturated carbocycles. The highest BCUT2D eigenvalue weighted by Gasteiger charge is 2.17. The molecule has 0 atom stereocenters. The highest BCUT2D eigenvalue weighted by molar-refractivity contribution is 6.67. The van der Waals surface area contributed by atoms with Crippen molar-refractivity contribution in [2.75, 3.05) is 7.11 Å². The van der Waals surface area contributed by atoms with Crippen molar-refractivity contribution in [1.29, 1.82) is 0 Å². The Balaban J connectivity index is 3.08. The van der Waals surface area contributed by atoms with Gasteiger partial charge in [0, 0.05) is 12.6 Å². The van der Waals surface area contributed by atoms with Crippen LogP contribution in [-0.2, 0) is 11.3 Å². The van der Waals surface area contributed by atoms with Crippen LogP contribution in [0.5, 0.6) is 0 Å². The molecule has 1 aromatic rings. The molecule has 82 valence electrons. The maximum Gasteiger partial charge on any atom is 0.358 e. The van der Waals surface area contributed by atoms with Crippen LogP contribution in [0.25, 0.3) is 0 Å². The number of nitrogens with zero attached hydrogens (tertiary/aromatic N) is 2. The highest BCUT2D eigenvalue weighted by atomic mass is 35.5. The second-order valence-electron chi connectivity index (χ2n) is 2.90. The number of rotatable bonds is 4. The molecular weight excluding hydrogens is 220 g/mol. The molecule has 0 N–H and O–H groups in total. The number of aryl methyl sites for hydroxylation is 1. The van der Waals surface area contributed by atoms with Crippen LogP contribution in [0, 0.1) is 0 Å². The lowest BCUT2D eigenvalue weighted by Crippen LogP contribution is -2.08. The second kappa shape index (κ2) is 4.93. The van der Waals surface area contributed by atoms with E-state index in [1.165, 1.54) is 17.9 Å². The largest absolute Gasteiger partial charge is 0.464 e. The Hall–Kier alpha value is -1.36. The number of esters is 1. The number of hydrogen-bond acceptors (Lipinski definition) is 4. The fraction of sp³-hybridized carbons (Fsp3) is 0.444. The standard InChI is InChI=1S/C9H11ClN2O3/c1-3-4-12-7(8(10)13)5-6(11-12)9(14)15-2/h5H,3-4H2,1-2H3. The molecule has 0 aliphatic heterocycles. The normalized spacial score (nSPS) is 10.1. The minimum Gasteiger partial charge on any atom is -0.464 e. The van der Waals surface area contributed by atoms with Gasteiger partial charge < -0.3 is 4.74 Å². The number of hydrogen-bond donors (Lipinski definition) is 0. The fourth-order valence-electron chi connectivity index (χ4n) is 1.16. The molecule has 0 amide bonds. The van der Waals surface area contributed by atoms with Gasteiger partial charge in [-0.3, -0.25) is 9.48 Å². The Labute approximate surface area is 92.0 Å². The van der Waals surface area contributed by atoms with Gasteiger partial charge in [-0.05, 0) is 18.0 Å². The number of halogens is 1. The molecule has 1 aromatic heterocycles. The summed E-state index contributed by atoms with van der Waals surface area (Å²) in [6.07, 6.45) is 0.791. The summed E-state index contributed by atoms with van der Waals surface area (Å²) in [5.41, 5.74) is 0.300. The average Bonchev–Trinajstić information content (AvgIpc) is 2.61. The van der Waals surface area contributed by atoms with E-state index < -0.39 is 11.2 Å². The molecule has 0 aromatic carbocycles. The summed E-state index contributed by atoms with van der Waals surface area (Å²) in [5, 5.41) is 3.30. The topological polar surface area (TPSA) is 61.2 Å². The monoisotopic (exact) mass is 230 g/mol. The predicted octanol–water partition coefficient (Wildman–Crippen LogP) is 1.46. The first kappa shape index (κ1) is 11.7. The Bertz CT molecular complexity index is 387. The van der Waals surface area contributed by atoms with Crippen molar-refractivity contribution in [3.63, 3.8) is 0 Å². The van der Waals surface area contributed by atoms with E-state index in [4.69, 9.17) is 11.6 Å². The predicted molar refractivity (Wildman–Crippen MR) is 54.0 cm³/mol. The van der Waals surface area contributed by atoms with Crippen LogP contribution in [-0.4, -0.2) is 28.1 Å². The van der Waals surface area contributed by atoms with Gasteiger partial charge in [-0.2, -0.15) is 5.10 Å². The van der Waals surface area contributed by atoms with Crippen molar-refractivity contribution >= 4 is 22.8 Å². The smallest absolute Gasteiger partial charge is 0.358 e. The van der Waals surface area contributed by atoms with Crippen molar-refractivity contribution in [3.8, 4) is 0 Å². The number of ether oxygens (including phenoxy) is 1. The first-order valence-electron chi connectivity index (χ1n) is 4.46. The van der Waals surface area contributed by atoms with E-state index in [1.807, 2.05) is 6.92 Å². The highest BCUT2D eigenvalue weighted by Crippen LogP contribution is 2.09. The van der Waals surface area contributed by atoms with Gasteiger partial charge in [0.15, 0.2) is 5.69 Å². The van der Waals surface area contributed by atoms with Gasteiger partial charge in [-0.15, -0.1) is 0 Å². The van der Waals surface area contributed by atoms with Crippen LogP contribution in [0.2, 0.25) is 0 Å². The van der Waals surface area contributed by atoms with Crippen LogP contribution in [0.1, 0.15) is 34.3 Å². The number of carbonyl (C=O) groups excluding carboxylic acids is 2. The van der Waals surface area contributed by atoms with Crippen molar-refractivity contribution in [2.24, 2.45) is 0 Å². The number of carbonyl (C=O) groups is 2. The van der Waals surface area contributed by atoms with Gasteiger partial charge in [0.05, 0.1) is 7.11 Å². The average molecular weight is 231 g/mol. The molecule has 1 rings (SSSR count). The summed E-state index contributed by atoms with van der Waals surface area (Å²) in [5.74, 6) is -0.580. The van der Waals surface area contributed by atoms with Gasteiger partial charge in [0.1, 0.15) is 5.69 Å². The van der Waals surface area contributed by atoms with E-state index >= 15 is 0 Å². The molecule has 0 bridgehead atoms. The van der Waals surface area contributed by atoms with E-state index in [0.29, 0.717) is 6.54 Å². The van der Waals surface area contributed by atoms with Crippen LogP contribution >= 0.6 is 11.6 Å². The number of aromatic nitrogens is 2. The lowest BCUT2D eigenvalue weighted by atomic mass is 10.3. The molecule has 1 heterocycles. The number of methoxy groups -OCH3 is 1. The lowest BCUT2D eigenvalue weighted by molar-refractivity contribution is 0.0593. The van der Waals surface area contributed by atoms with Gasteiger partial charge in [-0.1, -0.05) is 6.92 Å². The van der Waals surface area contributed by atoms with E-state index in [1.54, 1.807) is 0 Å². The van der Waals surface area contributed by atoms with E-state index in [2.05, 4.69) is 9.84 Å². The molecule has 0 radical (unpaired) electrons. The summed E-state index contributed by atoms with van der Waals surface area (Å²) < 4.78 is 5.90. The fourth-order valence-corrected chi connectivity index (χ4v) is 1.31. The summed E-state index contributed by atoms with van der Waals surface area (Å²) >= 11 is 5.35. The van der Waals surface area contributed by atoms with Crippen LogP contribution in [0.15, 0.2) is 6.07 Å². The van der Waals surface area contributed by atoms with Crippen molar-refractivity contribution in [3.05, 3.63) is 17.5 Å². The van der Waals surface area contributed by atoms with Crippen molar-refractivity contribution < 1.29 is 14.3 Å². The molecule has 5 nitrogen and oxygen atoms in total. The minimum atomic E-state index is -0.633. The zero-order valence-corrected chi connectivity index (χ0v) is 9.24. The van der Waals surface area contributed by atoms with Gasteiger partial charge in [0.25, 0.3) is 5.24 Å². The maximum atomic E-state index is 11.2. The first-order valence-corrected chi connectivity index (χ1v) is 4.84. The molecule has 0 aliphatic carbocycles. The van der Waals surface area contributed by atoms with Crippen LogP contribution < -0.4 is 0 Å². The third kappa shape index (κ3) is 2.56. The molecule has 0 fully saturated rings. The first-order chi connectivity index (χ1) is 7.10. The third-order valence-electron chi connectivity index (χ3n) is 1.81. The minimum absolute atomic E-state index is 0.0925. The summed E-state index contributed by atoms with van der Waals surface area (Å²) in [7, 11) is 1.25. The SMILES string of the molecule is CCCn1nc(C(=O)OC)cc1C(=O)Cl. The Kier molecular flexibility index (Phi) is 3.85. The quantitative estimate of drug-likeness (QED) is 0.580. The Morgan fingerprint density at radius 2 is 2.27 bits per heavy atom. The third-order valence-corrected chi connectivity index (χ3v) is 2.00. The Morgan fingerprint density at radius 1 is 1.60 bits per heavy atom. The molecular formula is C9H11ClN2O3. The van der Waals surface area contributed by atoms with E-state index in [0.717, 1.165) is 6.42 Å². The van der Waals surface area contributed by atoms with Gasteiger partial charge in [0.2, 0.25) is 0 Å². The van der Waals surface area contributed by atoms with Crippen LogP contribution in [0.3, 0.4) is 0 Å². The molecule has 6 heteroatoms. The molecule has 0 saturated heterocycles. The molecule has 0 spiro atoms. The molecule has 15 heavy (non-hydrogen) atoms. The van der Waals surface area contributed by atoms with Gasteiger partial charge in [-0.25, -0.2) is 4.79 Å². The summed E-state index contributed by atoms with van der Waals surface area (Å²) in [6.45, 7) is 2.47. The zero-order chi connectivity index (χ0) is 11.4. The van der Waals surface area contributed by atoms with Gasteiger partial charge >= 0.3 is 5.97 Å². The second-order valence-corrected chi connectivity index (χ2v) is 3.25. The van der Waals surface area contributed by atoms with E-state index in [9.17, 15) is 9.59 Å².